The van der Waals surface area contributed by atoms with E-state index in [9.17, 15) is 30.3 Å². The maximum atomic E-state index is 12.7. The number of aliphatic hydroxyl groups is 5. The molecule has 0 spiro atoms. The summed E-state index contributed by atoms with van der Waals surface area (Å²) in [5.41, 5.74) is 0. The molecule has 9 heteroatoms. The zero-order valence-corrected chi connectivity index (χ0v) is 31.6. The number of ether oxygens (including phenoxy) is 2. The number of carbonyl (C=O) groups excluding carboxylic acids is 1. The van der Waals surface area contributed by atoms with Crippen LogP contribution in [0.3, 0.4) is 0 Å². The Morgan fingerprint density at radius 1 is 0.686 bits per heavy atom. The third-order valence-electron chi connectivity index (χ3n) is 8.82. The van der Waals surface area contributed by atoms with Crippen LogP contribution in [0.2, 0.25) is 0 Å². The SMILES string of the molecule is CC/C=C\C/C=C\C/C=C\C/C=C\C/C=C\C/C=C\CCCCCCCCC(=O)NC(COC1OC(CO)C(O)C(O)C1O)C(O)CCCCC. The molecule has 0 saturated carbocycles. The van der Waals surface area contributed by atoms with Gasteiger partial charge in [0.1, 0.15) is 24.4 Å². The van der Waals surface area contributed by atoms with Crippen LogP contribution < -0.4 is 5.32 Å². The zero-order chi connectivity index (χ0) is 37.4. The van der Waals surface area contributed by atoms with Crippen LogP contribution in [0.5, 0.6) is 0 Å². The second-order valence-corrected chi connectivity index (χ2v) is 13.3. The van der Waals surface area contributed by atoms with Gasteiger partial charge >= 0.3 is 0 Å². The minimum atomic E-state index is -1.56. The minimum absolute atomic E-state index is 0.154. The van der Waals surface area contributed by atoms with E-state index in [1.807, 2.05) is 0 Å². The molecule has 1 saturated heterocycles. The van der Waals surface area contributed by atoms with E-state index in [-0.39, 0.29) is 12.5 Å². The van der Waals surface area contributed by atoms with Gasteiger partial charge in [0.2, 0.25) is 5.91 Å². The average Bonchev–Trinajstić information content (AvgIpc) is 3.13. The fourth-order valence-electron chi connectivity index (χ4n) is 5.63. The zero-order valence-electron chi connectivity index (χ0n) is 31.6. The van der Waals surface area contributed by atoms with Gasteiger partial charge in [-0.15, -0.1) is 0 Å². The Balaban J connectivity index is 2.18. The van der Waals surface area contributed by atoms with Gasteiger partial charge in [-0.25, -0.2) is 0 Å². The highest BCUT2D eigenvalue weighted by Crippen LogP contribution is 2.22. The lowest BCUT2D eigenvalue weighted by molar-refractivity contribution is -0.302. The molecule has 7 unspecified atom stereocenters. The first-order valence-electron chi connectivity index (χ1n) is 19.6. The summed E-state index contributed by atoms with van der Waals surface area (Å²) in [4.78, 5) is 12.7. The van der Waals surface area contributed by atoms with Crippen molar-refractivity contribution in [3.05, 3.63) is 72.9 Å². The summed E-state index contributed by atoms with van der Waals surface area (Å²) in [6, 6.07) is -0.726. The van der Waals surface area contributed by atoms with E-state index < -0.39 is 49.5 Å². The van der Waals surface area contributed by atoms with Crippen LogP contribution >= 0.6 is 0 Å². The van der Waals surface area contributed by atoms with Gasteiger partial charge in [0.25, 0.3) is 0 Å². The van der Waals surface area contributed by atoms with Crippen LogP contribution in [-0.4, -0.2) is 87.5 Å². The summed E-state index contributed by atoms with van der Waals surface area (Å²) in [7, 11) is 0. The van der Waals surface area contributed by atoms with E-state index >= 15 is 0 Å². The molecule has 51 heavy (non-hydrogen) atoms. The van der Waals surface area contributed by atoms with Gasteiger partial charge in [-0.05, 0) is 64.2 Å². The molecule has 1 aliphatic rings. The van der Waals surface area contributed by atoms with Crippen molar-refractivity contribution in [1.82, 2.24) is 5.32 Å². The summed E-state index contributed by atoms with van der Waals surface area (Å²) in [5.74, 6) is -0.176. The molecular formula is C42H71NO8. The van der Waals surface area contributed by atoms with E-state index in [2.05, 4.69) is 92.1 Å². The van der Waals surface area contributed by atoms with Crippen LogP contribution in [-0.2, 0) is 14.3 Å². The Morgan fingerprint density at radius 2 is 1.22 bits per heavy atom. The van der Waals surface area contributed by atoms with E-state index in [1.54, 1.807) is 0 Å². The maximum Gasteiger partial charge on any atom is 0.220 e. The standard InChI is InChI=1S/C42H71NO8/c1-3-5-7-8-9-10-11-12-13-14-15-16-17-18-19-20-21-22-23-24-25-26-27-28-30-32-38(46)43-35(36(45)31-29-6-4-2)34-50-42-41(49)40(48)39(47)37(33-44)51-42/h5,7,9-10,12-13,15-16,18-19,21-22,35-37,39-42,44-45,47-49H,3-4,6,8,11,14,17,20,23-34H2,1-2H3,(H,43,46)/b7-5-,10-9-,13-12-,16-15-,19-18-,22-21-. The number of unbranched alkanes of at least 4 members (excludes halogenated alkanes) is 8. The molecule has 0 aromatic heterocycles. The molecule has 1 heterocycles. The molecule has 7 atom stereocenters. The highest BCUT2D eigenvalue weighted by molar-refractivity contribution is 5.76. The molecule has 0 aromatic rings. The van der Waals surface area contributed by atoms with Crippen LogP contribution in [0.4, 0.5) is 0 Å². The van der Waals surface area contributed by atoms with Gasteiger partial charge in [-0.1, -0.05) is 132 Å². The lowest BCUT2D eigenvalue weighted by Gasteiger charge is -2.40. The summed E-state index contributed by atoms with van der Waals surface area (Å²) in [6.07, 6.45) is 35.7. The largest absolute Gasteiger partial charge is 0.394 e. The Hall–Kier alpha value is -2.37. The predicted molar refractivity (Wildman–Crippen MR) is 207 cm³/mol. The number of rotatable bonds is 30. The molecule has 1 rings (SSSR count). The molecule has 292 valence electrons. The normalized spacial score (nSPS) is 22.8. The Kier molecular flexibility index (Phi) is 29.5. The highest BCUT2D eigenvalue weighted by Gasteiger charge is 2.44. The summed E-state index contributed by atoms with van der Waals surface area (Å²) in [5, 5.41) is 53.4. The van der Waals surface area contributed by atoms with Crippen molar-refractivity contribution in [2.45, 2.75) is 172 Å². The Morgan fingerprint density at radius 3 is 1.76 bits per heavy atom. The Labute approximate surface area is 308 Å². The quantitative estimate of drug-likeness (QED) is 0.0342. The van der Waals surface area contributed by atoms with Crippen molar-refractivity contribution in [2.24, 2.45) is 0 Å². The molecule has 0 radical (unpaired) electrons. The predicted octanol–water partition coefficient (Wildman–Crippen LogP) is 7.05. The molecule has 0 bridgehead atoms. The lowest BCUT2D eigenvalue weighted by Crippen LogP contribution is -2.60. The molecule has 0 aliphatic carbocycles. The van der Waals surface area contributed by atoms with Crippen molar-refractivity contribution in [3.8, 4) is 0 Å². The first-order valence-corrected chi connectivity index (χ1v) is 19.6. The molecular weight excluding hydrogens is 646 g/mol. The van der Waals surface area contributed by atoms with E-state index in [0.29, 0.717) is 12.8 Å². The van der Waals surface area contributed by atoms with Gasteiger partial charge in [0.05, 0.1) is 25.4 Å². The fraction of sp³-hybridized carbons (Fsp3) is 0.690. The van der Waals surface area contributed by atoms with Gasteiger partial charge in [0.15, 0.2) is 6.29 Å². The second-order valence-electron chi connectivity index (χ2n) is 13.3. The molecule has 1 aliphatic heterocycles. The van der Waals surface area contributed by atoms with Crippen molar-refractivity contribution in [3.63, 3.8) is 0 Å². The number of nitrogens with one attached hydrogen (secondary N) is 1. The number of carbonyl (C=O) groups is 1. The molecule has 6 N–H and O–H groups in total. The number of hydrogen-bond acceptors (Lipinski definition) is 8. The van der Waals surface area contributed by atoms with Crippen LogP contribution in [0.1, 0.15) is 129 Å². The second kappa shape index (κ2) is 32.3. The monoisotopic (exact) mass is 718 g/mol. The van der Waals surface area contributed by atoms with E-state index in [0.717, 1.165) is 96.3 Å². The van der Waals surface area contributed by atoms with E-state index in [4.69, 9.17) is 9.47 Å². The van der Waals surface area contributed by atoms with Gasteiger partial charge in [-0.2, -0.15) is 0 Å². The first-order chi connectivity index (χ1) is 24.8. The van der Waals surface area contributed by atoms with Gasteiger partial charge in [0, 0.05) is 6.42 Å². The smallest absolute Gasteiger partial charge is 0.220 e. The third-order valence-corrected chi connectivity index (χ3v) is 8.82. The topological polar surface area (TPSA) is 149 Å². The van der Waals surface area contributed by atoms with Gasteiger partial charge in [-0.3, -0.25) is 4.79 Å². The molecule has 1 amide bonds. The van der Waals surface area contributed by atoms with Crippen molar-refractivity contribution >= 4 is 5.91 Å². The Bertz CT molecular complexity index is 1020. The average molecular weight is 718 g/mol. The lowest BCUT2D eigenvalue weighted by atomic mass is 9.99. The van der Waals surface area contributed by atoms with E-state index in [1.165, 1.54) is 6.42 Å². The molecule has 0 aromatic carbocycles. The first kappa shape index (κ1) is 46.7. The number of hydrogen-bond donors (Lipinski definition) is 6. The maximum absolute atomic E-state index is 12.7. The summed E-state index contributed by atoms with van der Waals surface area (Å²) >= 11 is 0. The van der Waals surface area contributed by atoms with Crippen LogP contribution in [0.15, 0.2) is 72.9 Å². The number of aliphatic hydroxyl groups excluding tert-OH is 5. The minimum Gasteiger partial charge on any atom is -0.394 e. The van der Waals surface area contributed by atoms with Crippen molar-refractivity contribution < 1.29 is 39.8 Å². The van der Waals surface area contributed by atoms with Crippen LogP contribution in [0.25, 0.3) is 0 Å². The van der Waals surface area contributed by atoms with Gasteiger partial charge < -0.3 is 40.3 Å². The molecule has 1 fully saturated rings. The fourth-order valence-corrected chi connectivity index (χ4v) is 5.63. The van der Waals surface area contributed by atoms with Crippen molar-refractivity contribution in [2.75, 3.05) is 13.2 Å². The summed E-state index contributed by atoms with van der Waals surface area (Å²) < 4.78 is 11.1. The molecule has 9 nitrogen and oxygen atoms in total. The van der Waals surface area contributed by atoms with Crippen molar-refractivity contribution in [1.29, 1.82) is 0 Å². The number of amides is 1. The third kappa shape index (κ3) is 23.7. The summed E-state index contributed by atoms with van der Waals surface area (Å²) in [6.45, 7) is 3.50. The van der Waals surface area contributed by atoms with Crippen LogP contribution in [0, 0.1) is 0 Å². The highest BCUT2D eigenvalue weighted by atomic mass is 16.7. The number of allylic oxidation sites excluding steroid dienone is 12.